The average molecular weight is 390 g/mol. The summed E-state index contributed by atoms with van der Waals surface area (Å²) in [7, 11) is 0. The van der Waals surface area contributed by atoms with Crippen LogP contribution in [0.1, 0.15) is 25.0 Å². The summed E-state index contributed by atoms with van der Waals surface area (Å²) < 4.78 is 2.80. The Morgan fingerprint density at radius 3 is 2.31 bits per heavy atom. The lowest BCUT2D eigenvalue weighted by Crippen LogP contribution is -2.14. The molecule has 2 aromatic heterocycles. The molecule has 1 N–H and O–H groups in total. The Hall–Kier alpha value is -3.10. The van der Waals surface area contributed by atoms with Gasteiger partial charge in [-0.25, -0.2) is 0 Å². The van der Waals surface area contributed by atoms with Crippen molar-refractivity contribution in [1.82, 2.24) is 4.98 Å². The predicted octanol–water partition coefficient (Wildman–Crippen LogP) is 8.00. The standard InChI is InChI=1S/C27H19NS/c1-27(2)21-9-5-3-7-15(21)17-11-13-19-20-14-12-18-16-8-4-6-10-22(16)28-24(18)26(20)29-25(19)23(17)27/h3-14,28H,1-2H3. The van der Waals surface area contributed by atoms with E-state index in [0.29, 0.717) is 0 Å². The second-order valence-corrected chi connectivity index (χ2v) is 9.69. The van der Waals surface area contributed by atoms with Crippen LogP contribution in [0.5, 0.6) is 0 Å². The molecule has 138 valence electrons. The summed E-state index contributed by atoms with van der Waals surface area (Å²) in [6.45, 7) is 4.75. The molecule has 29 heavy (non-hydrogen) atoms. The van der Waals surface area contributed by atoms with Gasteiger partial charge in [-0.15, -0.1) is 11.3 Å². The van der Waals surface area contributed by atoms with Crippen LogP contribution < -0.4 is 0 Å². The van der Waals surface area contributed by atoms with E-state index in [1.807, 2.05) is 11.3 Å². The van der Waals surface area contributed by atoms with Gasteiger partial charge in [0.1, 0.15) is 0 Å². The second kappa shape index (κ2) is 5.08. The van der Waals surface area contributed by atoms with Gasteiger partial charge in [0.05, 0.1) is 10.2 Å². The maximum atomic E-state index is 3.70. The minimum Gasteiger partial charge on any atom is -0.353 e. The SMILES string of the molecule is CC1(C)c2ccccc2-c2ccc3c(sc4c3ccc3c5ccccc5[nH]c34)c21. The normalized spacial score (nSPS) is 14.8. The summed E-state index contributed by atoms with van der Waals surface area (Å²) in [6.07, 6.45) is 0. The van der Waals surface area contributed by atoms with Crippen LogP contribution in [0, 0.1) is 0 Å². The molecule has 1 nitrogen and oxygen atoms in total. The number of nitrogens with one attached hydrogen (secondary N) is 1. The number of H-pyrrole nitrogens is 1. The van der Waals surface area contributed by atoms with Gasteiger partial charge in [0.15, 0.2) is 0 Å². The van der Waals surface area contributed by atoms with E-state index in [-0.39, 0.29) is 5.41 Å². The van der Waals surface area contributed by atoms with Crippen molar-refractivity contribution >= 4 is 53.3 Å². The average Bonchev–Trinajstić information content (AvgIpc) is 3.37. The predicted molar refractivity (Wildman–Crippen MR) is 126 cm³/mol. The number of hydrogen-bond donors (Lipinski definition) is 1. The summed E-state index contributed by atoms with van der Waals surface area (Å²) in [4.78, 5) is 3.70. The second-order valence-electron chi connectivity index (χ2n) is 8.67. The lowest BCUT2D eigenvalue weighted by atomic mass is 9.82. The number of thiophene rings is 1. The molecule has 2 heterocycles. The first kappa shape index (κ1) is 15.8. The first-order chi connectivity index (χ1) is 14.1. The van der Waals surface area contributed by atoms with E-state index in [4.69, 9.17) is 0 Å². The first-order valence-corrected chi connectivity index (χ1v) is 11.0. The van der Waals surface area contributed by atoms with Crippen LogP contribution in [0.25, 0.3) is 53.1 Å². The van der Waals surface area contributed by atoms with Crippen molar-refractivity contribution < 1.29 is 0 Å². The third-order valence-corrected chi connectivity index (χ3v) is 8.06. The molecule has 6 aromatic rings. The smallest absolute Gasteiger partial charge is 0.0646 e. The minimum atomic E-state index is 0.0197. The topological polar surface area (TPSA) is 15.8 Å². The third kappa shape index (κ3) is 1.81. The van der Waals surface area contributed by atoms with Gasteiger partial charge < -0.3 is 4.98 Å². The maximum absolute atomic E-state index is 3.70. The van der Waals surface area contributed by atoms with Crippen LogP contribution in [0.3, 0.4) is 0 Å². The highest BCUT2D eigenvalue weighted by Gasteiger charge is 2.37. The molecule has 0 saturated heterocycles. The summed E-state index contributed by atoms with van der Waals surface area (Å²) in [5.74, 6) is 0. The van der Waals surface area contributed by atoms with Crippen molar-refractivity contribution in [3.8, 4) is 11.1 Å². The molecule has 2 heteroatoms. The van der Waals surface area contributed by atoms with Crippen LogP contribution in [-0.2, 0) is 5.41 Å². The summed E-state index contributed by atoms with van der Waals surface area (Å²) >= 11 is 1.95. The number of fused-ring (bicyclic) bond motifs is 11. The maximum Gasteiger partial charge on any atom is 0.0646 e. The van der Waals surface area contributed by atoms with Crippen molar-refractivity contribution in [2.75, 3.05) is 0 Å². The number of benzene rings is 4. The fourth-order valence-corrected chi connectivity index (χ4v) is 6.97. The van der Waals surface area contributed by atoms with E-state index in [2.05, 4.69) is 91.6 Å². The monoisotopic (exact) mass is 389 g/mol. The van der Waals surface area contributed by atoms with Crippen molar-refractivity contribution in [1.29, 1.82) is 0 Å². The molecule has 4 aromatic carbocycles. The number of rotatable bonds is 0. The van der Waals surface area contributed by atoms with E-state index in [1.165, 1.54) is 64.2 Å². The lowest BCUT2D eigenvalue weighted by Gasteiger charge is -2.22. The van der Waals surface area contributed by atoms with Crippen LogP contribution >= 0.6 is 11.3 Å². The van der Waals surface area contributed by atoms with Gasteiger partial charge >= 0.3 is 0 Å². The van der Waals surface area contributed by atoms with Gasteiger partial charge in [-0.2, -0.15) is 0 Å². The molecule has 1 aliphatic carbocycles. The Bertz CT molecular complexity index is 1630. The molecule has 0 fully saturated rings. The zero-order valence-electron chi connectivity index (χ0n) is 16.3. The highest BCUT2D eigenvalue weighted by molar-refractivity contribution is 7.27. The van der Waals surface area contributed by atoms with Crippen molar-refractivity contribution in [2.24, 2.45) is 0 Å². The van der Waals surface area contributed by atoms with Crippen molar-refractivity contribution in [3.05, 3.63) is 83.9 Å². The van der Waals surface area contributed by atoms with E-state index in [9.17, 15) is 0 Å². The van der Waals surface area contributed by atoms with E-state index in [1.54, 1.807) is 0 Å². The largest absolute Gasteiger partial charge is 0.353 e. The van der Waals surface area contributed by atoms with Gasteiger partial charge in [-0.3, -0.25) is 0 Å². The van der Waals surface area contributed by atoms with Crippen LogP contribution in [0.4, 0.5) is 0 Å². The first-order valence-electron chi connectivity index (χ1n) is 10.1. The summed E-state index contributed by atoms with van der Waals surface area (Å²) in [5.41, 5.74) is 8.22. The molecule has 7 rings (SSSR count). The van der Waals surface area contributed by atoms with E-state index < -0.39 is 0 Å². The number of aromatic amines is 1. The highest BCUT2D eigenvalue weighted by atomic mass is 32.1. The summed E-state index contributed by atoms with van der Waals surface area (Å²) in [6, 6.07) is 26.8. The van der Waals surface area contributed by atoms with Gasteiger partial charge in [0.2, 0.25) is 0 Å². The zero-order chi connectivity index (χ0) is 19.3. The molecular formula is C27H19NS. The quantitative estimate of drug-likeness (QED) is 0.271. The molecule has 0 amide bonds. The van der Waals surface area contributed by atoms with Crippen LogP contribution in [0.2, 0.25) is 0 Å². The van der Waals surface area contributed by atoms with Crippen LogP contribution in [-0.4, -0.2) is 4.98 Å². The number of aromatic nitrogens is 1. The van der Waals surface area contributed by atoms with Crippen LogP contribution in [0.15, 0.2) is 72.8 Å². The zero-order valence-corrected chi connectivity index (χ0v) is 17.2. The lowest BCUT2D eigenvalue weighted by molar-refractivity contribution is 0.667. The van der Waals surface area contributed by atoms with Gasteiger partial charge in [-0.1, -0.05) is 80.6 Å². The van der Waals surface area contributed by atoms with Crippen molar-refractivity contribution in [2.45, 2.75) is 19.3 Å². The Morgan fingerprint density at radius 2 is 1.38 bits per heavy atom. The fraction of sp³-hybridized carbons (Fsp3) is 0.111. The molecule has 0 aliphatic heterocycles. The van der Waals surface area contributed by atoms with Gasteiger partial charge in [-0.05, 0) is 28.3 Å². The Balaban J connectivity index is 1.66. The van der Waals surface area contributed by atoms with Gasteiger partial charge in [0, 0.05) is 37.2 Å². The molecular weight excluding hydrogens is 370 g/mol. The minimum absolute atomic E-state index is 0.0197. The molecule has 0 saturated carbocycles. The van der Waals surface area contributed by atoms with Crippen molar-refractivity contribution in [3.63, 3.8) is 0 Å². The summed E-state index contributed by atoms with van der Waals surface area (Å²) in [5, 5.41) is 5.36. The number of para-hydroxylation sites is 1. The van der Waals surface area contributed by atoms with E-state index in [0.717, 1.165) is 0 Å². The van der Waals surface area contributed by atoms with E-state index >= 15 is 0 Å². The Kier molecular flexibility index (Phi) is 2.77. The fourth-order valence-electron chi connectivity index (χ4n) is 5.46. The molecule has 0 unspecified atom stereocenters. The Morgan fingerprint density at radius 1 is 0.655 bits per heavy atom. The van der Waals surface area contributed by atoms with Gasteiger partial charge in [0.25, 0.3) is 0 Å². The molecule has 0 radical (unpaired) electrons. The molecule has 1 aliphatic rings. The Labute approximate surface area is 172 Å². The third-order valence-electron chi connectivity index (χ3n) is 6.80. The molecule has 0 spiro atoms. The highest BCUT2D eigenvalue weighted by Crippen LogP contribution is 2.54. The molecule has 0 atom stereocenters. The number of hydrogen-bond acceptors (Lipinski definition) is 1. The molecule has 0 bridgehead atoms.